The lowest BCUT2D eigenvalue weighted by Gasteiger charge is -2.40. The summed E-state index contributed by atoms with van der Waals surface area (Å²) in [4.78, 5) is 0. The Kier molecular flexibility index (Phi) is 6.27. The Bertz CT molecular complexity index is 814. The molecule has 0 aromatic heterocycles. The van der Waals surface area contributed by atoms with Gasteiger partial charge in [-0.05, 0) is 33.7 Å². The summed E-state index contributed by atoms with van der Waals surface area (Å²) in [5.41, 5.74) is 4.10. The molecule has 0 heterocycles. The molecule has 0 bridgehead atoms. The van der Waals surface area contributed by atoms with Crippen molar-refractivity contribution in [3.63, 3.8) is 0 Å². The molecular formula is C26H42O2Si. The van der Waals surface area contributed by atoms with Crippen LogP contribution >= 0.6 is 0 Å². The monoisotopic (exact) mass is 414 g/mol. The first kappa shape index (κ1) is 23.8. The van der Waals surface area contributed by atoms with Gasteiger partial charge in [0.2, 0.25) is 0 Å². The van der Waals surface area contributed by atoms with Gasteiger partial charge in [-0.2, -0.15) is 0 Å². The summed E-state index contributed by atoms with van der Waals surface area (Å²) in [5.74, 6) is 1.87. The number of methoxy groups -OCH3 is 2. The Hall–Kier alpha value is -1.48. The second-order valence-corrected chi connectivity index (χ2v) is 17.2. The Morgan fingerprint density at radius 2 is 1.38 bits per heavy atom. The molecule has 0 N–H and O–H groups in total. The summed E-state index contributed by atoms with van der Waals surface area (Å²) >= 11 is 0. The first-order valence-corrected chi connectivity index (χ1v) is 13.8. The molecule has 0 aliphatic heterocycles. The van der Waals surface area contributed by atoms with E-state index in [1.54, 1.807) is 14.2 Å². The predicted octanol–water partition coefficient (Wildman–Crippen LogP) is 7.65. The summed E-state index contributed by atoms with van der Waals surface area (Å²) < 4.78 is 11.7. The normalized spacial score (nSPS) is 18.1. The summed E-state index contributed by atoms with van der Waals surface area (Å²) in [6, 6.07) is 4.28. The zero-order valence-corrected chi connectivity index (χ0v) is 21.8. The molecule has 0 saturated heterocycles. The van der Waals surface area contributed by atoms with Crippen molar-refractivity contribution in [2.45, 2.75) is 89.9 Å². The first-order chi connectivity index (χ1) is 13.1. The molecule has 3 heteroatoms. The molecule has 0 radical (unpaired) electrons. The molecule has 2 rings (SSSR count). The number of hydrogen-bond donors (Lipinski definition) is 0. The number of allylic oxidation sites excluding steroid dienone is 4. The SMILES string of the molecule is COc1cc(C(C)(C)C)c(OC)c(C(C)(C)C2=CC([Si](C)(C)C(C)(C)C)C=C2)c1. The third-order valence-electron chi connectivity index (χ3n) is 7.31. The Labute approximate surface area is 180 Å². The van der Waals surface area contributed by atoms with Crippen LogP contribution in [0, 0.1) is 0 Å². The van der Waals surface area contributed by atoms with Crippen LogP contribution in [0.5, 0.6) is 11.5 Å². The van der Waals surface area contributed by atoms with E-state index in [9.17, 15) is 0 Å². The summed E-state index contributed by atoms with van der Waals surface area (Å²) in [6.07, 6.45) is 7.31. The van der Waals surface area contributed by atoms with E-state index >= 15 is 0 Å². The summed E-state index contributed by atoms with van der Waals surface area (Å²) in [7, 11) is 2.04. The third-order valence-corrected chi connectivity index (χ3v) is 13.2. The maximum atomic E-state index is 6.00. The lowest BCUT2D eigenvalue weighted by molar-refractivity contribution is 0.375. The maximum absolute atomic E-state index is 6.00. The van der Waals surface area contributed by atoms with Crippen LogP contribution < -0.4 is 9.47 Å². The second-order valence-electron chi connectivity index (χ2n) is 11.6. The van der Waals surface area contributed by atoms with Crippen LogP contribution in [-0.2, 0) is 10.8 Å². The van der Waals surface area contributed by atoms with Crippen molar-refractivity contribution in [3.05, 3.63) is 47.1 Å². The standard InChI is InChI=1S/C26H42O2Si/c1-24(2,3)21-16-19(27-9)17-22(23(21)28-10)26(7,8)18-13-14-20(15-18)29(11,12)25(4,5)6/h13-17,20H,1-12H3. The highest BCUT2D eigenvalue weighted by Crippen LogP contribution is 2.51. The average molecular weight is 415 g/mol. The van der Waals surface area contributed by atoms with E-state index in [4.69, 9.17) is 9.47 Å². The van der Waals surface area contributed by atoms with Gasteiger partial charge in [0.15, 0.2) is 0 Å². The van der Waals surface area contributed by atoms with Crippen LogP contribution in [-0.4, -0.2) is 22.3 Å². The van der Waals surface area contributed by atoms with Gasteiger partial charge < -0.3 is 9.47 Å². The molecule has 2 nitrogen and oxygen atoms in total. The molecule has 1 aromatic carbocycles. The fourth-order valence-electron chi connectivity index (χ4n) is 3.99. The zero-order chi connectivity index (χ0) is 22.4. The van der Waals surface area contributed by atoms with Crippen molar-refractivity contribution >= 4 is 8.07 Å². The highest BCUT2D eigenvalue weighted by Gasteiger charge is 2.43. The first-order valence-electron chi connectivity index (χ1n) is 10.7. The highest BCUT2D eigenvalue weighted by molar-refractivity contribution is 6.82. The largest absolute Gasteiger partial charge is 0.497 e. The average Bonchev–Trinajstić information content (AvgIpc) is 3.10. The molecule has 0 amide bonds. The summed E-state index contributed by atoms with van der Waals surface area (Å²) in [5, 5.41) is 0.352. The van der Waals surface area contributed by atoms with Gasteiger partial charge in [-0.1, -0.05) is 86.7 Å². The van der Waals surface area contributed by atoms with E-state index in [1.807, 2.05) is 0 Å². The molecular weight excluding hydrogens is 372 g/mol. The minimum absolute atomic E-state index is 0.0334. The quantitative estimate of drug-likeness (QED) is 0.460. The van der Waals surface area contributed by atoms with Crippen molar-refractivity contribution in [2.75, 3.05) is 14.2 Å². The molecule has 0 saturated carbocycles. The van der Waals surface area contributed by atoms with Gasteiger partial charge >= 0.3 is 0 Å². The Morgan fingerprint density at radius 1 is 0.828 bits per heavy atom. The molecule has 0 spiro atoms. The molecule has 0 fully saturated rings. The zero-order valence-electron chi connectivity index (χ0n) is 20.8. The minimum Gasteiger partial charge on any atom is -0.497 e. The van der Waals surface area contributed by atoms with Crippen molar-refractivity contribution < 1.29 is 9.47 Å². The summed E-state index contributed by atoms with van der Waals surface area (Å²) in [6.45, 7) is 23.5. The van der Waals surface area contributed by atoms with Gasteiger partial charge in [-0.25, -0.2) is 0 Å². The fourth-order valence-corrected chi connectivity index (χ4v) is 6.17. The molecule has 162 valence electrons. The van der Waals surface area contributed by atoms with Gasteiger partial charge in [0.1, 0.15) is 11.5 Å². The van der Waals surface area contributed by atoms with Crippen LogP contribution in [0.3, 0.4) is 0 Å². The van der Waals surface area contributed by atoms with Gasteiger partial charge in [0.25, 0.3) is 0 Å². The van der Waals surface area contributed by atoms with Crippen LogP contribution in [0.15, 0.2) is 35.9 Å². The van der Waals surface area contributed by atoms with Crippen LogP contribution in [0.25, 0.3) is 0 Å². The molecule has 1 unspecified atom stereocenters. The van der Waals surface area contributed by atoms with E-state index in [0.29, 0.717) is 10.6 Å². The fraction of sp³-hybridized carbons (Fsp3) is 0.615. The number of benzene rings is 1. The van der Waals surface area contributed by atoms with Crippen molar-refractivity contribution in [2.24, 2.45) is 0 Å². The van der Waals surface area contributed by atoms with E-state index < -0.39 is 8.07 Å². The molecule has 29 heavy (non-hydrogen) atoms. The van der Waals surface area contributed by atoms with Crippen LogP contribution in [0.1, 0.15) is 66.5 Å². The van der Waals surface area contributed by atoms with Gasteiger partial charge in [-0.15, -0.1) is 0 Å². The maximum Gasteiger partial charge on any atom is 0.126 e. The number of ether oxygens (including phenoxy) is 2. The van der Waals surface area contributed by atoms with E-state index in [1.165, 1.54) is 16.7 Å². The van der Waals surface area contributed by atoms with Gasteiger partial charge in [0, 0.05) is 16.5 Å². The van der Waals surface area contributed by atoms with Crippen LogP contribution in [0.4, 0.5) is 0 Å². The molecule has 1 aliphatic rings. The van der Waals surface area contributed by atoms with Gasteiger partial charge in [-0.3, -0.25) is 0 Å². The minimum atomic E-state index is -1.49. The lowest BCUT2D eigenvalue weighted by atomic mass is 9.74. The topological polar surface area (TPSA) is 18.5 Å². The number of rotatable bonds is 5. The van der Waals surface area contributed by atoms with E-state index in [2.05, 4.69) is 98.8 Å². The Morgan fingerprint density at radius 3 is 1.83 bits per heavy atom. The van der Waals surface area contributed by atoms with Crippen molar-refractivity contribution in [3.8, 4) is 11.5 Å². The van der Waals surface area contributed by atoms with Crippen LogP contribution in [0.2, 0.25) is 23.7 Å². The van der Waals surface area contributed by atoms with Gasteiger partial charge in [0.05, 0.1) is 22.3 Å². The third kappa shape index (κ3) is 4.35. The molecule has 1 aromatic rings. The molecule has 1 atom stereocenters. The lowest BCUT2D eigenvalue weighted by Crippen LogP contribution is -2.40. The predicted molar refractivity (Wildman–Crippen MR) is 129 cm³/mol. The van der Waals surface area contributed by atoms with Crippen molar-refractivity contribution in [1.29, 1.82) is 0 Å². The smallest absolute Gasteiger partial charge is 0.126 e. The number of hydrogen-bond acceptors (Lipinski definition) is 2. The highest BCUT2D eigenvalue weighted by atomic mass is 28.3. The van der Waals surface area contributed by atoms with E-state index in [-0.39, 0.29) is 10.8 Å². The second kappa shape index (κ2) is 7.65. The van der Waals surface area contributed by atoms with E-state index in [0.717, 1.165) is 11.5 Å². The van der Waals surface area contributed by atoms with Crippen molar-refractivity contribution in [1.82, 2.24) is 0 Å². The molecule has 1 aliphatic carbocycles. The Balaban J connectivity index is 2.63.